The molecule has 3 rings (SSSR count). The number of hydrogen-bond acceptors (Lipinski definition) is 6. The molecule has 1 aliphatic rings. The fraction of sp³-hybridized carbons (Fsp3) is 0.333. The number of halogens is 3. The smallest absolute Gasteiger partial charge is 0.271 e. The van der Waals surface area contributed by atoms with Gasteiger partial charge in [0.1, 0.15) is 29.1 Å². The summed E-state index contributed by atoms with van der Waals surface area (Å²) >= 11 is 7.00. The average Bonchev–Trinajstić information content (AvgIpc) is 3.29. The van der Waals surface area contributed by atoms with Crippen LogP contribution in [0.4, 0.5) is 8.78 Å². The Balaban J connectivity index is 1.50. The van der Waals surface area contributed by atoms with Gasteiger partial charge in [0, 0.05) is 16.8 Å². The standard InChI is InChI=1S/C18H15ClF2N4O3S/c19-11-1-3-13(4-2-11)28-8-15-24-14(9-29-15)17(27)23-7-16(26)25-10-18(20,21)5-12(25)6-22/h1-4,9,12H,5,7-8,10H2,(H,23,27)/t12-/m0/s1. The average molecular weight is 441 g/mol. The van der Waals surface area contributed by atoms with Crippen molar-refractivity contribution in [2.45, 2.75) is 25.0 Å². The third-order valence-corrected chi connectivity index (χ3v) is 5.17. The molecule has 0 bridgehead atoms. The number of aromatic nitrogens is 1. The van der Waals surface area contributed by atoms with Crippen LogP contribution >= 0.6 is 22.9 Å². The summed E-state index contributed by atoms with van der Waals surface area (Å²) in [4.78, 5) is 29.2. The van der Waals surface area contributed by atoms with Gasteiger partial charge in [-0.1, -0.05) is 11.6 Å². The van der Waals surface area contributed by atoms with E-state index >= 15 is 0 Å². The molecule has 0 spiro atoms. The normalized spacial score (nSPS) is 17.6. The largest absolute Gasteiger partial charge is 0.486 e. The van der Waals surface area contributed by atoms with Gasteiger partial charge in [0.25, 0.3) is 11.8 Å². The summed E-state index contributed by atoms with van der Waals surface area (Å²) in [6.07, 6.45) is -0.702. The molecule has 11 heteroatoms. The molecule has 1 aromatic heterocycles. The van der Waals surface area contributed by atoms with Crippen molar-refractivity contribution in [3.63, 3.8) is 0 Å². The number of thiazole rings is 1. The van der Waals surface area contributed by atoms with Gasteiger partial charge in [0.05, 0.1) is 19.2 Å². The van der Waals surface area contributed by atoms with Crippen LogP contribution in [0.25, 0.3) is 0 Å². The minimum atomic E-state index is -3.10. The highest BCUT2D eigenvalue weighted by Gasteiger charge is 2.47. The van der Waals surface area contributed by atoms with Crippen LogP contribution in [-0.4, -0.2) is 46.8 Å². The van der Waals surface area contributed by atoms with Crippen LogP contribution in [0.3, 0.4) is 0 Å². The molecule has 1 atom stereocenters. The van der Waals surface area contributed by atoms with Gasteiger partial charge in [0.2, 0.25) is 5.91 Å². The van der Waals surface area contributed by atoms with Gasteiger partial charge < -0.3 is 15.0 Å². The first-order valence-corrected chi connectivity index (χ1v) is 9.71. The number of amides is 2. The summed E-state index contributed by atoms with van der Waals surface area (Å²) in [5.74, 6) is -3.88. The number of carbonyl (C=O) groups excluding carboxylic acids is 2. The lowest BCUT2D eigenvalue weighted by atomic mass is 10.2. The molecule has 0 unspecified atom stereocenters. The van der Waals surface area contributed by atoms with E-state index in [0.29, 0.717) is 15.8 Å². The maximum Gasteiger partial charge on any atom is 0.271 e. The van der Waals surface area contributed by atoms with E-state index < -0.39 is 43.3 Å². The van der Waals surface area contributed by atoms with Gasteiger partial charge in [-0.3, -0.25) is 9.59 Å². The molecule has 2 aromatic rings. The van der Waals surface area contributed by atoms with E-state index in [1.165, 1.54) is 16.7 Å². The van der Waals surface area contributed by atoms with Crippen LogP contribution in [0.5, 0.6) is 5.75 Å². The van der Waals surface area contributed by atoms with Crippen molar-refractivity contribution in [3.05, 3.63) is 45.4 Å². The quantitative estimate of drug-likeness (QED) is 0.745. The number of likely N-dealkylation sites (tertiary alicyclic amines) is 1. The topological polar surface area (TPSA) is 95.3 Å². The number of carbonyl (C=O) groups is 2. The summed E-state index contributed by atoms with van der Waals surface area (Å²) in [7, 11) is 0. The molecule has 1 N–H and O–H groups in total. The lowest BCUT2D eigenvalue weighted by Crippen LogP contribution is -2.43. The van der Waals surface area contributed by atoms with E-state index in [-0.39, 0.29) is 12.3 Å². The van der Waals surface area contributed by atoms with Crippen molar-refractivity contribution >= 4 is 34.8 Å². The molecule has 152 valence electrons. The lowest BCUT2D eigenvalue weighted by molar-refractivity contribution is -0.131. The second-order valence-corrected chi connectivity index (χ2v) is 7.66. The van der Waals surface area contributed by atoms with Crippen molar-refractivity contribution in [2.75, 3.05) is 13.1 Å². The first-order chi connectivity index (χ1) is 13.8. The van der Waals surface area contributed by atoms with Gasteiger partial charge in [-0.25, -0.2) is 13.8 Å². The maximum atomic E-state index is 13.4. The molecule has 0 aliphatic carbocycles. The molecule has 1 aliphatic heterocycles. The molecular weight excluding hydrogens is 426 g/mol. The predicted octanol–water partition coefficient (Wildman–Crippen LogP) is 2.87. The van der Waals surface area contributed by atoms with Crippen LogP contribution < -0.4 is 10.1 Å². The maximum absolute atomic E-state index is 13.4. The number of rotatable bonds is 6. The molecule has 29 heavy (non-hydrogen) atoms. The molecule has 2 heterocycles. The second-order valence-electron chi connectivity index (χ2n) is 6.28. The summed E-state index contributed by atoms with van der Waals surface area (Å²) in [5.41, 5.74) is 0.0843. The zero-order valence-corrected chi connectivity index (χ0v) is 16.5. The zero-order valence-electron chi connectivity index (χ0n) is 14.9. The highest BCUT2D eigenvalue weighted by Crippen LogP contribution is 2.31. The van der Waals surface area contributed by atoms with Crippen LogP contribution in [0.15, 0.2) is 29.6 Å². The monoisotopic (exact) mass is 440 g/mol. The number of alkyl halides is 2. The minimum absolute atomic E-state index is 0.0843. The van der Waals surface area contributed by atoms with Crippen molar-refractivity contribution in [3.8, 4) is 11.8 Å². The fourth-order valence-corrected chi connectivity index (χ4v) is 3.51. The van der Waals surface area contributed by atoms with Gasteiger partial charge >= 0.3 is 0 Å². The van der Waals surface area contributed by atoms with E-state index in [1.54, 1.807) is 30.3 Å². The predicted molar refractivity (Wildman–Crippen MR) is 101 cm³/mol. The Hall–Kier alpha value is -2.77. The van der Waals surface area contributed by atoms with Gasteiger partial charge in [0.15, 0.2) is 0 Å². The van der Waals surface area contributed by atoms with Gasteiger partial charge in [-0.05, 0) is 24.3 Å². The van der Waals surface area contributed by atoms with Gasteiger partial charge in [-0.2, -0.15) is 5.26 Å². The third-order valence-electron chi connectivity index (χ3n) is 4.10. The van der Waals surface area contributed by atoms with Crippen LogP contribution in [0, 0.1) is 11.3 Å². The molecule has 0 saturated carbocycles. The Morgan fingerprint density at radius 3 is 2.83 bits per heavy atom. The molecule has 1 fully saturated rings. The van der Waals surface area contributed by atoms with Crippen molar-refractivity contribution in [1.82, 2.24) is 15.2 Å². The van der Waals surface area contributed by atoms with Crippen LogP contribution in [0.1, 0.15) is 21.9 Å². The Kier molecular flexibility index (Phi) is 6.30. The number of benzene rings is 1. The number of nitrogens with zero attached hydrogens (tertiary/aromatic N) is 3. The molecule has 7 nitrogen and oxygen atoms in total. The molecule has 1 aromatic carbocycles. The van der Waals surface area contributed by atoms with E-state index in [9.17, 15) is 18.4 Å². The molecule has 0 radical (unpaired) electrons. The van der Waals surface area contributed by atoms with Crippen LogP contribution in [0.2, 0.25) is 5.02 Å². The minimum Gasteiger partial charge on any atom is -0.486 e. The van der Waals surface area contributed by atoms with E-state index in [1.807, 2.05) is 0 Å². The molecule has 1 saturated heterocycles. The summed E-state index contributed by atoms with van der Waals surface area (Å²) in [5, 5.41) is 13.9. The Morgan fingerprint density at radius 1 is 1.41 bits per heavy atom. The molecule has 2 amide bonds. The van der Waals surface area contributed by atoms with Crippen molar-refractivity contribution < 1.29 is 23.1 Å². The number of nitrogens with one attached hydrogen (secondary N) is 1. The number of nitriles is 1. The second kappa shape index (κ2) is 8.71. The van der Waals surface area contributed by atoms with Crippen LogP contribution in [-0.2, 0) is 11.4 Å². The summed E-state index contributed by atoms with van der Waals surface area (Å²) in [6, 6.07) is 7.25. The SMILES string of the molecule is N#C[C@@H]1CC(F)(F)CN1C(=O)CNC(=O)c1csc(COc2ccc(Cl)cc2)n1. The Labute approximate surface area is 173 Å². The first-order valence-electron chi connectivity index (χ1n) is 8.45. The number of hydrogen-bond donors (Lipinski definition) is 1. The third kappa shape index (κ3) is 5.40. The first kappa shape index (κ1) is 21.0. The van der Waals surface area contributed by atoms with E-state index in [2.05, 4.69) is 10.3 Å². The highest BCUT2D eigenvalue weighted by atomic mass is 35.5. The Morgan fingerprint density at radius 2 is 2.14 bits per heavy atom. The van der Waals surface area contributed by atoms with E-state index in [4.69, 9.17) is 21.6 Å². The number of ether oxygens (including phenoxy) is 1. The molecular formula is C18H15ClF2N4O3S. The zero-order chi connectivity index (χ0) is 21.0. The lowest BCUT2D eigenvalue weighted by Gasteiger charge is -2.19. The van der Waals surface area contributed by atoms with E-state index in [0.717, 1.165) is 4.90 Å². The summed E-state index contributed by atoms with van der Waals surface area (Å²) < 4.78 is 32.4. The van der Waals surface area contributed by atoms with Gasteiger partial charge in [-0.15, -0.1) is 11.3 Å². The Bertz CT molecular complexity index is 945. The fourth-order valence-electron chi connectivity index (χ4n) is 2.70. The highest BCUT2D eigenvalue weighted by molar-refractivity contribution is 7.09. The summed E-state index contributed by atoms with van der Waals surface area (Å²) in [6.45, 7) is -1.19. The van der Waals surface area contributed by atoms with Crippen molar-refractivity contribution in [2.24, 2.45) is 0 Å². The van der Waals surface area contributed by atoms with Crippen molar-refractivity contribution in [1.29, 1.82) is 5.26 Å².